The number of benzene rings is 3. The summed E-state index contributed by atoms with van der Waals surface area (Å²) < 4.78 is 11.0. The fraction of sp³-hybridized carbons (Fsp3) is 0.176. The Morgan fingerprint density at radius 1 is 0.905 bits per heavy atom. The standard InChI is InChI=1S/C34H27N3O5/c1-41-21-14-15-23(27(19-21)42-2)30(38)29-28(31(39)26-13-7-8-17-35-26)34(24-11-5-6-12-25(24)36-33(34)40)32-22-10-4-3-9-20(22)16-18-37(29)32/h3-19,28-29,32H,1-2H3,(H,36,40)/t28-,29+,32-,34+/m1/s1. The maximum absolute atomic E-state index is 14.8. The molecule has 1 amide bonds. The van der Waals surface area contributed by atoms with Gasteiger partial charge >= 0.3 is 0 Å². The predicted octanol–water partition coefficient (Wildman–Crippen LogP) is 5.08. The van der Waals surface area contributed by atoms with Crippen LogP contribution in [-0.2, 0) is 10.2 Å². The van der Waals surface area contributed by atoms with Crippen molar-refractivity contribution in [3.8, 4) is 11.5 Å². The molecule has 0 saturated carbocycles. The number of amides is 1. The first-order chi connectivity index (χ1) is 20.5. The minimum absolute atomic E-state index is 0.190. The lowest BCUT2D eigenvalue weighted by molar-refractivity contribution is -0.122. The van der Waals surface area contributed by atoms with Crippen LogP contribution in [0.1, 0.15) is 43.6 Å². The van der Waals surface area contributed by atoms with Gasteiger partial charge in [0.15, 0.2) is 11.6 Å². The molecule has 0 aliphatic carbocycles. The van der Waals surface area contributed by atoms with E-state index >= 15 is 0 Å². The first-order valence-corrected chi connectivity index (χ1v) is 13.7. The molecule has 1 aromatic heterocycles. The summed E-state index contributed by atoms with van der Waals surface area (Å²) in [5.74, 6) is -1.31. The quantitative estimate of drug-likeness (QED) is 0.330. The zero-order chi connectivity index (χ0) is 29.0. The van der Waals surface area contributed by atoms with Crippen LogP contribution in [0.5, 0.6) is 11.5 Å². The van der Waals surface area contributed by atoms with Crippen molar-refractivity contribution in [1.29, 1.82) is 0 Å². The Labute approximate surface area is 242 Å². The molecule has 1 saturated heterocycles. The fourth-order valence-electron chi connectivity index (χ4n) is 7.00. The summed E-state index contributed by atoms with van der Waals surface area (Å²) in [5.41, 5.74) is 2.15. The number of methoxy groups -OCH3 is 2. The second kappa shape index (κ2) is 9.69. The van der Waals surface area contributed by atoms with Gasteiger partial charge in [-0.1, -0.05) is 48.5 Å². The molecule has 42 heavy (non-hydrogen) atoms. The van der Waals surface area contributed by atoms with Crippen molar-refractivity contribution < 1.29 is 23.9 Å². The highest BCUT2D eigenvalue weighted by Gasteiger charge is 2.71. The number of ketones is 2. The highest BCUT2D eigenvalue weighted by molar-refractivity contribution is 6.16. The number of hydrogen-bond donors (Lipinski definition) is 1. The van der Waals surface area contributed by atoms with E-state index < -0.39 is 23.4 Å². The van der Waals surface area contributed by atoms with Crippen LogP contribution >= 0.6 is 0 Å². The molecule has 0 unspecified atom stereocenters. The van der Waals surface area contributed by atoms with Gasteiger partial charge in [0.05, 0.1) is 31.7 Å². The third kappa shape index (κ3) is 3.48. The average Bonchev–Trinajstić information content (AvgIpc) is 3.52. The van der Waals surface area contributed by atoms with E-state index in [4.69, 9.17) is 9.47 Å². The Bertz CT molecular complexity index is 1790. The van der Waals surface area contributed by atoms with E-state index in [9.17, 15) is 14.4 Å². The van der Waals surface area contributed by atoms with Crippen molar-refractivity contribution in [3.63, 3.8) is 0 Å². The van der Waals surface area contributed by atoms with Crippen molar-refractivity contribution in [3.05, 3.63) is 125 Å². The van der Waals surface area contributed by atoms with Gasteiger partial charge in [-0.2, -0.15) is 0 Å². The van der Waals surface area contributed by atoms with Gasteiger partial charge in [0.1, 0.15) is 28.6 Å². The lowest BCUT2D eigenvalue weighted by atomic mass is 9.63. The van der Waals surface area contributed by atoms with Gasteiger partial charge in [-0.3, -0.25) is 19.4 Å². The zero-order valence-electron chi connectivity index (χ0n) is 23.0. The molecule has 3 aliphatic rings. The number of nitrogens with one attached hydrogen (secondary N) is 1. The Morgan fingerprint density at radius 3 is 2.48 bits per heavy atom. The molecule has 3 aliphatic heterocycles. The summed E-state index contributed by atoms with van der Waals surface area (Å²) in [5, 5.41) is 3.05. The Balaban J connectivity index is 1.53. The van der Waals surface area contributed by atoms with E-state index in [0.717, 1.165) is 11.1 Å². The molecular weight excluding hydrogens is 530 g/mol. The molecule has 208 valence electrons. The molecule has 1 spiro atoms. The molecule has 4 aromatic rings. The van der Waals surface area contributed by atoms with E-state index in [1.807, 2.05) is 65.7 Å². The van der Waals surface area contributed by atoms with Crippen molar-refractivity contribution in [1.82, 2.24) is 9.88 Å². The molecule has 1 N–H and O–H groups in total. The Morgan fingerprint density at radius 2 is 1.69 bits per heavy atom. The highest BCUT2D eigenvalue weighted by Crippen LogP contribution is 2.62. The maximum atomic E-state index is 14.8. The number of anilines is 1. The molecule has 4 heterocycles. The van der Waals surface area contributed by atoms with Crippen LogP contribution in [0.4, 0.5) is 5.69 Å². The minimum atomic E-state index is -1.42. The normalized spacial score (nSPS) is 23.1. The van der Waals surface area contributed by atoms with E-state index in [1.165, 1.54) is 14.2 Å². The van der Waals surface area contributed by atoms with Crippen LogP contribution < -0.4 is 14.8 Å². The predicted molar refractivity (Wildman–Crippen MR) is 157 cm³/mol. The van der Waals surface area contributed by atoms with Gasteiger partial charge in [0.2, 0.25) is 5.91 Å². The highest BCUT2D eigenvalue weighted by atomic mass is 16.5. The molecule has 8 nitrogen and oxygen atoms in total. The maximum Gasteiger partial charge on any atom is 0.238 e. The second-order valence-electron chi connectivity index (χ2n) is 10.6. The first-order valence-electron chi connectivity index (χ1n) is 13.7. The largest absolute Gasteiger partial charge is 0.497 e. The lowest BCUT2D eigenvalue weighted by Gasteiger charge is -2.38. The topological polar surface area (TPSA) is 97.8 Å². The summed E-state index contributed by atoms with van der Waals surface area (Å²) in [6.07, 6.45) is 5.31. The van der Waals surface area contributed by atoms with Gasteiger partial charge < -0.3 is 19.7 Å². The summed E-state index contributed by atoms with van der Waals surface area (Å²) in [6.45, 7) is 0. The van der Waals surface area contributed by atoms with E-state index in [2.05, 4.69) is 10.3 Å². The van der Waals surface area contributed by atoms with Crippen LogP contribution in [0.25, 0.3) is 6.08 Å². The number of nitrogens with zero attached hydrogens (tertiary/aromatic N) is 2. The van der Waals surface area contributed by atoms with Gasteiger partial charge in [0, 0.05) is 24.2 Å². The number of rotatable bonds is 6. The van der Waals surface area contributed by atoms with Gasteiger partial charge in [0.25, 0.3) is 0 Å². The summed E-state index contributed by atoms with van der Waals surface area (Å²) >= 11 is 0. The summed E-state index contributed by atoms with van der Waals surface area (Å²) in [6, 6.07) is 23.6. The Hall–Kier alpha value is -5.24. The van der Waals surface area contributed by atoms with Crippen LogP contribution in [-0.4, -0.2) is 47.6 Å². The molecule has 0 radical (unpaired) electrons. The molecular formula is C34H27N3O5. The second-order valence-corrected chi connectivity index (χ2v) is 10.6. The zero-order valence-corrected chi connectivity index (χ0v) is 23.0. The Kier molecular flexibility index (Phi) is 5.93. The van der Waals surface area contributed by atoms with Crippen LogP contribution in [0.15, 0.2) is 97.3 Å². The third-order valence-corrected chi connectivity index (χ3v) is 8.71. The number of aromatic nitrogens is 1. The SMILES string of the molecule is COc1ccc(C(=O)[C@@H]2[C@H](C(=O)c3ccccn3)[C@]3(C(=O)Nc4ccccc43)[C@H]3c4ccccc4C=CN23)c(OC)c1. The molecule has 4 atom stereocenters. The number of carbonyl (C=O) groups is 3. The van der Waals surface area contributed by atoms with E-state index in [-0.39, 0.29) is 28.7 Å². The van der Waals surface area contributed by atoms with E-state index in [0.29, 0.717) is 22.7 Å². The van der Waals surface area contributed by atoms with Crippen LogP contribution in [0, 0.1) is 5.92 Å². The molecule has 7 rings (SSSR count). The number of hydrogen-bond acceptors (Lipinski definition) is 7. The fourth-order valence-corrected chi connectivity index (χ4v) is 7.00. The summed E-state index contributed by atoms with van der Waals surface area (Å²) in [4.78, 5) is 50.3. The smallest absolute Gasteiger partial charge is 0.238 e. The number of Topliss-reactive ketones (excluding diaryl/α,β-unsaturated/α-hetero) is 2. The molecule has 3 aromatic carbocycles. The molecule has 8 heteroatoms. The van der Waals surface area contributed by atoms with E-state index in [1.54, 1.807) is 42.6 Å². The first kappa shape index (κ1) is 25.7. The van der Waals surface area contributed by atoms with Crippen molar-refractivity contribution in [2.75, 3.05) is 19.5 Å². The van der Waals surface area contributed by atoms with Crippen molar-refractivity contribution in [2.45, 2.75) is 17.5 Å². The number of pyridine rings is 1. The molecule has 1 fully saturated rings. The minimum Gasteiger partial charge on any atom is -0.497 e. The lowest BCUT2D eigenvalue weighted by Crippen LogP contribution is -2.49. The monoisotopic (exact) mass is 557 g/mol. The van der Waals surface area contributed by atoms with Crippen LogP contribution in [0.3, 0.4) is 0 Å². The number of carbonyl (C=O) groups excluding carboxylic acids is 3. The third-order valence-electron chi connectivity index (χ3n) is 8.71. The van der Waals surface area contributed by atoms with Gasteiger partial charge in [-0.25, -0.2) is 0 Å². The molecule has 0 bridgehead atoms. The van der Waals surface area contributed by atoms with Gasteiger partial charge in [-0.05, 0) is 53.1 Å². The number of ether oxygens (including phenoxy) is 2. The van der Waals surface area contributed by atoms with Crippen LogP contribution in [0.2, 0.25) is 0 Å². The van der Waals surface area contributed by atoms with Crippen molar-refractivity contribution >= 4 is 29.2 Å². The number of fused-ring (bicyclic) bond motifs is 6. The summed E-state index contributed by atoms with van der Waals surface area (Å²) in [7, 11) is 3.02. The number of para-hydroxylation sites is 1. The van der Waals surface area contributed by atoms with Crippen molar-refractivity contribution in [2.24, 2.45) is 5.92 Å². The van der Waals surface area contributed by atoms with Gasteiger partial charge in [-0.15, -0.1) is 0 Å². The average molecular weight is 558 g/mol.